The van der Waals surface area contributed by atoms with E-state index < -0.39 is 0 Å². The summed E-state index contributed by atoms with van der Waals surface area (Å²) in [7, 11) is 0. The second-order valence-electron chi connectivity index (χ2n) is 3.01. The Bertz CT molecular complexity index is 349. The Labute approximate surface area is 75.3 Å². The first kappa shape index (κ1) is 8.19. The molecule has 0 saturated carbocycles. The molecule has 4 nitrogen and oxygen atoms in total. The van der Waals surface area contributed by atoms with E-state index in [4.69, 9.17) is 4.74 Å². The number of nitro groups is 1. The number of non-ortho nitro benzene ring substituents is 1. The normalized spacial score (nSPS) is 15.1. The molecule has 0 bridgehead atoms. The number of hydrogen-bond acceptors (Lipinski definition) is 3. The van der Waals surface area contributed by atoms with Gasteiger partial charge in [-0.2, -0.15) is 0 Å². The largest absolute Gasteiger partial charge is 0.376 e. The van der Waals surface area contributed by atoms with E-state index in [-0.39, 0.29) is 10.6 Å². The van der Waals surface area contributed by atoms with Gasteiger partial charge in [0.15, 0.2) is 0 Å². The molecule has 0 spiro atoms. The van der Waals surface area contributed by atoms with Crippen LogP contribution in [0, 0.1) is 10.1 Å². The van der Waals surface area contributed by atoms with Crippen LogP contribution in [0.5, 0.6) is 0 Å². The van der Waals surface area contributed by atoms with E-state index in [0.29, 0.717) is 13.2 Å². The molecule has 68 valence electrons. The molecule has 2 rings (SSSR count). The molecule has 0 aliphatic carbocycles. The number of benzene rings is 1. The maximum Gasteiger partial charge on any atom is 0.269 e. The molecule has 0 atom stereocenters. The molecule has 0 saturated heterocycles. The molecule has 1 heterocycles. The summed E-state index contributed by atoms with van der Waals surface area (Å²) >= 11 is 0. The number of fused-ring (bicyclic) bond motifs is 1. The lowest BCUT2D eigenvalue weighted by Crippen LogP contribution is -2.09. The van der Waals surface area contributed by atoms with Crippen molar-refractivity contribution in [3.63, 3.8) is 0 Å². The van der Waals surface area contributed by atoms with Gasteiger partial charge in [-0.25, -0.2) is 0 Å². The quantitative estimate of drug-likeness (QED) is 0.486. The van der Waals surface area contributed by atoms with Crippen molar-refractivity contribution >= 4 is 5.69 Å². The van der Waals surface area contributed by atoms with Crippen LogP contribution in [0.4, 0.5) is 5.69 Å². The average Bonchev–Trinajstić information content (AvgIpc) is 2.17. The van der Waals surface area contributed by atoms with Crippen LogP contribution in [0.2, 0.25) is 0 Å². The van der Waals surface area contributed by atoms with Gasteiger partial charge in [0.25, 0.3) is 5.69 Å². The Balaban J connectivity index is 2.40. The maximum atomic E-state index is 10.5. The van der Waals surface area contributed by atoms with E-state index in [1.54, 1.807) is 12.1 Å². The molecule has 1 aliphatic heterocycles. The lowest BCUT2D eigenvalue weighted by molar-refractivity contribution is -0.385. The fourth-order valence-corrected chi connectivity index (χ4v) is 1.46. The molecule has 1 aromatic carbocycles. The molecule has 0 unspecified atom stereocenters. The molecular formula is C9H9NO3. The molecule has 0 radical (unpaired) electrons. The van der Waals surface area contributed by atoms with Gasteiger partial charge < -0.3 is 4.74 Å². The van der Waals surface area contributed by atoms with Gasteiger partial charge in [0.05, 0.1) is 18.1 Å². The number of ether oxygens (including phenoxy) is 1. The van der Waals surface area contributed by atoms with Crippen LogP contribution in [0.15, 0.2) is 18.2 Å². The standard InChI is InChI=1S/C9H9NO3/c11-10(12)9-2-1-8-6-13-4-3-7(8)5-9/h1-2,5H,3-4,6H2. The first-order valence-corrected chi connectivity index (χ1v) is 4.11. The third kappa shape index (κ3) is 1.53. The monoisotopic (exact) mass is 179 g/mol. The van der Waals surface area contributed by atoms with Gasteiger partial charge in [0.2, 0.25) is 0 Å². The van der Waals surface area contributed by atoms with E-state index in [9.17, 15) is 10.1 Å². The number of nitrogens with zero attached hydrogens (tertiary/aromatic N) is 1. The molecule has 1 aliphatic rings. The van der Waals surface area contributed by atoms with E-state index in [1.807, 2.05) is 0 Å². The predicted molar refractivity (Wildman–Crippen MR) is 46.5 cm³/mol. The van der Waals surface area contributed by atoms with Crippen molar-refractivity contribution in [2.75, 3.05) is 6.61 Å². The van der Waals surface area contributed by atoms with Crippen LogP contribution >= 0.6 is 0 Å². The van der Waals surface area contributed by atoms with Crippen LogP contribution in [-0.4, -0.2) is 11.5 Å². The summed E-state index contributed by atoms with van der Waals surface area (Å²) in [6.07, 6.45) is 0.775. The predicted octanol–water partition coefficient (Wildman–Crippen LogP) is 1.67. The van der Waals surface area contributed by atoms with Gasteiger partial charge in [-0.1, -0.05) is 0 Å². The van der Waals surface area contributed by atoms with Crippen molar-refractivity contribution in [3.8, 4) is 0 Å². The number of hydrogen-bond donors (Lipinski definition) is 0. The molecule has 1 aromatic rings. The van der Waals surface area contributed by atoms with Crippen molar-refractivity contribution < 1.29 is 9.66 Å². The summed E-state index contributed by atoms with van der Waals surface area (Å²) in [5, 5.41) is 10.5. The SMILES string of the molecule is O=[N+]([O-])c1ccc2c(c1)CCOC2. The van der Waals surface area contributed by atoms with Gasteiger partial charge in [-0.15, -0.1) is 0 Å². The van der Waals surface area contributed by atoms with Crippen LogP contribution in [0.1, 0.15) is 11.1 Å². The Kier molecular flexibility index (Phi) is 1.98. The molecule has 4 heteroatoms. The third-order valence-corrected chi connectivity index (χ3v) is 2.17. The van der Waals surface area contributed by atoms with Crippen molar-refractivity contribution in [3.05, 3.63) is 39.4 Å². The highest BCUT2D eigenvalue weighted by Gasteiger charge is 2.13. The minimum Gasteiger partial charge on any atom is -0.376 e. The van der Waals surface area contributed by atoms with Crippen LogP contribution in [-0.2, 0) is 17.8 Å². The summed E-state index contributed by atoms with van der Waals surface area (Å²) in [6, 6.07) is 4.93. The minimum atomic E-state index is -0.365. The van der Waals surface area contributed by atoms with Gasteiger partial charge in [0.1, 0.15) is 0 Å². The smallest absolute Gasteiger partial charge is 0.269 e. The van der Waals surface area contributed by atoms with Gasteiger partial charge in [-0.05, 0) is 23.6 Å². The van der Waals surface area contributed by atoms with E-state index in [0.717, 1.165) is 17.5 Å². The second kappa shape index (κ2) is 3.14. The zero-order chi connectivity index (χ0) is 9.26. The summed E-state index contributed by atoms with van der Waals surface area (Å²) in [5.41, 5.74) is 2.28. The fourth-order valence-electron chi connectivity index (χ4n) is 1.46. The highest BCUT2D eigenvalue weighted by Crippen LogP contribution is 2.21. The Morgan fingerprint density at radius 2 is 2.23 bits per heavy atom. The van der Waals surface area contributed by atoms with Gasteiger partial charge in [0, 0.05) is 12.1 Å². The average molecular weight is 179 g/mol. The summed E-state index contributed by atoms with van der Waals surface area (Å²) in [4.78, 5) is 10.1. The van der Waals surface area contributed by atoms with Gasteiger partial charge in [-0.3, -0.25) is 10.1 Å². The third-order valence-electron chi connectivity index (χ3n) is 2.17. The molecule has 0 fully saturated rings. The van der Waals surface area contributed by atoms with Crippen molar-refractivity contribution in [1.82, 2.24) is 0 Å². The minimum absolute atomic E-state index is 0.167. The summed E-state index contributed by atoms with van der Waals surface area (Å²) < 4.78 is 5.23. The Hall–Kier alpha value is -1.42. The highest BCUT2D eigenvalue weighted by molar-refractivity contribution is 5.40. The first-order valence-electron chi connectivity index (χ1n) is 4.11. The maximum absolute atomic E-state index is 10.5. The van der Waals surface area contributed by atoms with Crippen molar-refractivity contribution in [2.45, 2.75) is 13.0 Å². The molecular weight excluding hydrogens is 170 g/mol. The second-order valence-corrected chi connectivity index (χ2v) is 3.01. The number of nitro benzene ring substituents is 1. The molecule has 13 heavy (non-hydrogen) atoms. The summed E-state index contributed by atoms with van der Waals surface area (Å²) in [6.45, 7) is 1.24. The zero-order valence-corrected chi connectivity index (χ0v) is 7.03. The highest BCUT2D eigenvalue weighted by atomic mass is 16.6. The zero-order valence-electron chi connectivity index (χ0n) is 7.03. The van der Waals surface area contributed by atoms with Crippen LogP contribution in [0.25, 0.3) is 0 Å². The van der Waals surface area contributed by atoms with Crippen LogP contribution in [0.3, 0.4) is 0 Å². The van der Waals surface area contributed by atoms with Crippen LogP contribution < -0.4 is 0 Å². The fraction of sp³-hybridized carbons (Fsp3) is 0.333. The van der Waals surface area contributed by atoms with E-state index in [2.05, 4.69) is 0 Å². The van der Waals surface area contributed by atoms with Gasteiger partial charge >= 0.3 is 0 Å². The lowest BCUT2D eigenvalue weighted by Gasteiger charge is -2.15. The molecule has 0 N–H and O–H groups in total. The number of rotatable bonds is 1. The van der Waals surface area contributed by atoms with E-state index in [1.165, 1.54) is 6.07 Å². The van der Waals surface area contributed by atoms with Crippen molar-refractivity contribution in [1.29, 1.82) is 0 Å². The van der Waals surface area contributed by atoms with E-state index >= 15 is 0 Å². The first-order chi connectivity index (χ1) is 6.27. The Morgan fingerprint density at radius 3 is 3.00 bits per heavy atom. The van der Waals surface area contributed by atoms with Crippen molar-refractivity contribution in [2.24, 2.45) is 0 Å². The summed E-state index contributed by atoms with van der Waals surface area (Å²) in [5.74, 6) is 0. The Morgan fingerprint density at radius 1 is 1.38 bits per heavy atom. The lowest BCUT2D eigenvalue weighted by atomic mass is 10.0. The molecule has 0 amide bonds. The topological polar surface area (TPSA) is 52.4 Å². The molecule has 0 aromatic heterocycles.